The highest BCUT2D eigenvalue weighted by molar-refractivity contribution is 6.30. The number of amides is 2. The van der Waals surface area contributed by atoms with E-state index in [1.54, 1.807) is 41.1 Å². The lowest BCUT2D eigenvalue weighted by Gasteiger charge is -2.14. The lowest BCUT2D eigenvalue weighted by molar-refractivity contribution is -0.596. The first kappa shape index (κ1) is 18.9. The highest BCUT2D eigenvalue weighted by Gasteiger charge is 2.47. The topological polar surface area (TPSA) is 61.2 Å². The number of benzene rings is 3. The number of hydrazine groups is 1. The second-order valence-corrected chi connectivity index (χ2v) is 7.17. The summed E-state index contributed by atoms with van der Waals surface area (Å²) >= 11 is 6.04. The third-order valence-electron chi connectivity index (χ3n) is 4.76. The van der Waals surface area contributed by atoms with Crippen LogP contribution in [0.5, 0.6) is 0 Å². The van der Waals surface area contributed by atoms with Crippen LogP contribution in [0, 0.1) is 0 Å². The minimum absolute atomic E-state index is 0.276. The van der Waals surface area contributed by atoms with Gasteiger partial charge in [-0.1, -0.05) is 60.1 Å². The molecular formula is C23H19ClN3O2+. The molecule has 1 aliphatic rings. The van der Waals surface area contributed by atoms with Crippen LogP contribution in [0.2, 0.25) is 5.02 Å². The number of nitrogens with one attached hydrogen (secondary N) is 2. The predicted octanol–water partition coefficient (Wildman–Crippen LogP) is 3.36. The van der Waals surface area contributed by atoms with E-state index >= 15 is 0 Å². The Kier molecular flexibility index (Phi) is 5.40. The third-order valence-corrected chi connectivity index (χ3v) is 5.01. The number of halogens is 1. The Balaban J connectivity index is 1.70. The molecule has 1 aliphatic heterocycles. The van der Waals surface area contributed by atoms with E-state index in [0.29, 0.717) is 10.6 Å². The van der Waals surface area contributed by atoms with E-state index in [-0.39, 0.29) is 11.8 Å². The lowest BCUT2D eigenvalue weighted by atomic mass is 10.00. The van der Waals surface area contributed by atoms with E-state index < -0.39 is 12.1 Å². The number of carbonyl (C=O) groups is 2. The molecule has 1 saturated heterocycles. The maximum absolute atomic E-state index is 12.8. The van der Waals surface area contributed by atoms with Gasteiger partial charge in [-0.3, -0.25) is 9.59 Å². The molecule has 0 spiro atoms. The van der Waals surface area contributed by atoms with Gasteiger partial charge in [-0.2, -0.15) is 0 Å². The first-order chi connectivity index (χ1) is 14.1. The van der Waals surface area contributed by atoms with Crippen molar-refractivity contribution in [2.45, 2.75) is 12.1 Å². The molecule has 29 heavy (non-hydrogen) atoms. The molecule has 144 valence electrons. The number of rotatable bonds is 4. The van der Waals surface area contributed by atoms with Gasteiger partial charge in [0.15, 0.2) is 6.04 Å². The van der Waals surface area contributed by atoms with Crippen LogP contribution in [0.1, 0.15) is 27.5 Å². The summed E-state index contributed by atoms with van der Waals surface area (Å²) in [5, 5.41) is 3.48. The summed E-state index contributed by atoms with van der Waals surface area (Å²) in [6.45, 7) is 0. The first-order valence-corrected chi connectivity index (χ1v) is 9.60. The van der Waals surface area contributed by atoms with Crippen molar-refractivity contribution in [1.29, 1.82) is 0 Å². The summed E-state index contributed by atoms with van der Waals surface area (Å²) in [5.74, 6) is -0.576. The zero-order valence-electron chi connectivity index (χ0n) is 15.5. The van der Waals surface area contributed by atoms with Gasteiger partial charge in [0.25, 0.3) is 5.91 Å². The minimum atomic E-state index is -0.760. The zero-order valence-corrected chi connectivity index (χ0v) is 16.2. The minimum Gasteiger partial charge on any atom is -0.334 e. The van der Waals surface area contributed by atoms with Crippen molar-refractivity contribution in [1.82, 2.24) is 10.7 Å². The Morgan fingerprint density at radius 3 is 2.21 bits per heavy atom. The fourth-order valence-electron chi connectivity index (χ4n) is 3.35. The van der Waals surface area contributed by atoms with E-state index in [0.717, 1.165) is 11.1 Å². The fraction of sp³-hybridized carbons (Fsp3) is 0.0870. The van der Waals surface area contributed by atoms with Crippen molar-refractivity contribution in [3.63, 3.8) is 0 Å². The lowest BCUT2D eigenvalue weighted by Crippen LogP contribution is -2.42. The van der Waals surface area contributed by atoms with Crippen LogP contribution in [-0.2, 0) is 4.79 Å². The summed E-state index contributed by atoms with van der Waals surface area (Å²) in [6, 6.07) is 24.6. The van der Waals surface area contributed by atoms with Crippen LogP contribution in [0.25, 0.3) is 0 Å². The van der Waals surface area contributed by atoms with Gasteiger partial charge in [-0.15, -0.1) is 10.1 Å². The molecule has 5 nitrogen and oxygen atoms in total. The van der Waals surface area contributed by atoms with Gasteiger partial charge in [0.2, 0.25) is 12.3 Å². The Hall–Kier alpha value is -3.44. The van der Waals surface area contributed by atoms with Crippen molar-refractivity contribution in [3.05, 3.63) is 107 Å². The number of nitrogens with zero attached hydrogens (tertiary/aromatic N) is 1. The molecule has 1 fully saturated rings. The van der Waals surface area contributed by atoms with E-state index in [4.69, 9.17) is 11.6 Å². The van der Waals surface area contributed by atoms with Gasteiger partial charge in [-0.05, 0) is 36.4 Å². The van der Waals surface area contributed by atoms with Crippen LogP contribution >= 0.6 is 11.6 Å². The molecule has 0 aromatic heterocycles. The maximum Gasteiger partial charge on any atom is 0.304 e. The Labute approximate surface area is 173 Å². The van der Waals surface area contributed by atoms with Crippen molar-refractivity contribution in [2.24, 2.45) is 0 Å². The molecule has 2 N–H and O–H groups in total. The largest absolute Gasteiger partial charge is 0.334 e. The summed E-state index contributed by atoms with van der Waals surface area (Å²) in [7, 11) is 0. The number of hydrogen-bond acceptors (Lipinski definition) is 2. The summed E-state index contributed by atoms with van der Waals surface area (Å²) < 4.78 is 1.73. The zero-order chi connectivity index (χ0) is 20.2. The van der Waals surface area contributed by atoms with E-state index in [9.17, 15) is 9.59 Å². The van der Waals surface area contributed by atoms with E-state index in [1.165, 1.54) is 0 Å². The Morgan fingerprint density at radius 2 is 1.55 bits per heavy atom. The summed E-state index contributed by atoms with van der Waals surface area (Å²) in [6.07, 6.45) is 1.85. The second-order valence-electron chi connectivity index (χ2n) is 6.74. The average Bonchev–Trinajstić information content (AvgIpc) is 3.04. The second kappa shape index (κ2) is 8.29. The normalized spacial score (nSPS) is 19.8. The third kappa shape index (κ3) is 4.20. The summed E-state index contributed by atoms with van der Waals surface area (Å²) in [5.41, 5.74) is 5.16. The van der Waals surface area contributed by atoms with E-state index in [1.807, 2.05) is 54.7 Å². The molecule has 3 aromatic rings. The van der Waals surface area contributed by atoms with Crippen LogP contribution in [0.3, 0.4) is 0 Å². The smallest absolute Gasteiger partial charge is 0.304 e. The maximum atomic E-state index is 12.8. The van der Waals surface area contributed by atoms with Crippen molar-refractivity contribution >= 4 is 29.6 Å². The van der Waals surface area contributed by atoms with Gasteiger partial charge < -0.3 is 5.32 Å². The van der Waals surface area contributed by atoms with Crippen LogP contribution < -0.4 is 10.7 Å². The van der Waals surface area contributed by atoms with E-state index in [2.05, 4.69) is 10.7 Å². The van der Waals surface area contributed by atoms with Crippen LogP contribution in [0.4, 0.5) is 0 Å². The molecule has 1 heterocycles. The molecule has 0 aliphatic carbocycles. The average molecular weight is 405 g/mol. The standard InChI is InChI=1S/C23H18ClN3O2/c24-19-13-11-17(12-14-19)21-20(25-22(28)18-9-5-2-6-10-18)23(29)26-27(21)15-16-7-3-1-4-8-16/h1-15,20-21H,(H-,25,26,28,29)/p+1/b27-15-/t20-,21+/m1/s1. The van der Waals surface area contributed by atoms with Crippen LogP contribution in [-0.4, -0.2) is 28.8 Å². The SMILES string of the molecule is O=C(N[C@H]1C(=O)N/[N+](=C\c2ccccc2)[C@H]1c1ccc(Cl)cc1)c1ccccc1. The van der Waals surface area contributed by atoms with Gasteiger partial charge >= 0.3 is 5.91 Å². The van der Waals surface area contributed by atoms with Gasteiger partial charge in [0.1, 0.15) is 0 Å². The molecule has 0 unspecified atom stereocenters. The van der Waals surface area contributed by atoms with Gasteiger partial charge in [0, 0.05) is 21.7 Å². The number of hydrazone groups is 1. The van der Waals surface area contributed by atoms with Crippen molar-refractivity contribution < 1.29 is 14.3 Å². The van der Waals surface area contributed by atoms with Gasteiger partial charge in [-0.25, -0.2) is 0 Å². The van der Waals surface area contributed by atoms with Crippen molar-refractivity contribution in [3.8, 4) is 0 Å². The Morgan fingerprint density at radius 1 is 0.931 bits per heavy atom. The Bertz CT molecular complexity index is 1050. The molecule has 0 saturated carbocycles. The molecular weight excluding hydrogens is 386 g/mol. The number of hydrogen-bond donors (Lipinski definition) is 2. The predicted molar refractivity (Wildman–Crippen MR) is 112 cm³/mol. The van der Waals surface area contributed by atoms with Crippen molar-refractivity contribution in [2.75, 3.05) is 0 Å². The quantitative estimate of drug-likeness (QED) is 0.655. The molecule has 2 atom stereocenters. The highest BCUT2D eigenvalue weighted by atomic mass is 35.5. The highest BCUT2D eigenvalue weighted by Crippen LogP contribution is 2.26. The molecule has 0 radical (unpaired) electrons. The first-order valence-electron chi connectivity index (χ1n) is 9.22. The fourth-order valence-corrected chi connectivity index (χ4v) is 3.48. The molecule has 0 bridgehead atoms. The molecule has 3 aromatic carbocycles. The molecule has 6 heteroatoms. The van der Waals surface area contributed by atoms with Crippen LogP contribution in [0.15, 0.2) is 84.9 Å². The molecule has 2 amide bonds. The summed E-state index contributed by atoms with van der Waals surface area (Å²) in [4.78, 5) is 25.5. The monoisotopic (exact) mass is 404 g/mol. The van der Waals surface area contributed by atoms with Gasteiger partial charge in [0.05, 0.1) is 0 Å². The number of carbonyl (C=O) groups excluding carboxylic acids is 2. The molecule has 4 rings (SSSR count).